The molecule has 0 aliphatic carbocycles. The molecule has 1 aliphatic rings. The zero-order valence-electron chi connectivity index (χ0n) is 14.4. The van der Waals surface area contributed by atoms with E-state index < -0.39 is 0 Å². The van der Waals surface area contributed by atoms with Gasteiger partial charge >= 0.3 is 0 Å². The Morgan fingerprint density at radius 3 is 2.19 bits per heavy atom. The number of quaternary nitrogens is 1. The highest BCUT2D eigenvalue weighted by Crippen LogP contribution is 2.22. The van der Waals surface area contributed by atoms with Crippen molar-refractivity contribution in [1.29, 1.82) is 0 Å². The fourth-order valence-electron chi connectivity index (χ4n) is 3.07. The number of nitrogens with zero attached hydrogens (tertiary/aromatic N) is 1. The second-order valence-electron chi connectivity index (χ2n) is 6.84. The number of amides is 2. The zero-order valence-corrected chi connectivity index (χ0v) is 14.4. The van der Waals surface area contributed by atoms with E-state index in [4.69, 9.17) is 0 Å². The number of likely N-dealkylation sites (N-methyl/N-ethyl adjacent to an activating group) is 1. The van der Waals surface area contributed by atoms with E-state index in [0.29, 0.717) is 18.6 Å². The summed E-state index contributed by atoms with van der Waals surface area (Å²) < 4.78 is 0. The Morgan fingerprint density at radius 1 is 1.19 bits per heavy atom. The molecule has 0 spiro atoms. The maximum Gasteiger partial charge on any atom is 0.281 e. The van der Waals surface area contributed by atoms with Crippen LogP contribution in [0.2, 0.25) is 0 Å². The van der Waals surface area contributed by atoms with Gasteiger partial charge in [0.1, 0.15) is 0 Å². The highest BCUT2D eigenvalue weighted by Gasteiger charge is 2.35. The van der Waals surface area contributed by atoms with E-state index in [-0.39, 0.29) is 23.9 Å². The van der Waals surface area contributed by atoms with E-state index in [1.807, 2.05) is 32.7 Å². The molecule has 5 heteroatoms. The van der Waals surface area contributed by atoms with Crippen LogP contribution in [-0.2, 0) is 9.59 Å². The van der Waals surface area contributed by atoms with E-state index in [0.717, 1.165) is 17.7 Å². The van der Waals surface area contributed by atoms with Crippen molar-refractivity contribution in [2.24, 2.45) is 0 Å². The van der Waals surface area contributed by atoms with Gasteiger partial charge < -0.3 is 15.1 Å². The summed E-state index contributed by atoms with van der Waals surface area (Å²) in [5, 5.41) is 2.88. The summed E-state index contributed by atoms with van der Waals surface area (Å²) in [6.07, 6.45) is 3.35. The van der Waals surface area contributed by atoms with E-state index in [9.17, 15) is 9.59 Å². The van der Waals surface area contributed by atoms with Gasteiger partial charge in [-0.2, -0.15) is 0 Å². The fourth-order valence-corrected chi connectivity index (χ4v) is 3.07. The van der Waals surface area contributed by atoms with Crippen molar-refractivity contribution >= 4 is 11.8 Å². The van der Waals surface area contributed by atoms with Gasteiger partial charge in [0, 0.05) is 18.1 Å². The second-order valence-corrected chi connectivity index (χ2v) is 6.84. The molecule has 0 saturated carbocycles. The first kappa shape index (κ1) is 18.0. The number of carbonyl (C=O) groups is 2. The van der Waals surface area contributed by atoms with Crippen molar-refractivity contribution in [3.05, 3.63) is 0 Å². The number of rotatable bonds is 5. The van der Waals surface area contributed by atoms with E-state index in [1.54, 1.807) is 0 Å². The third-order valence-electron chi connectivity index (χ3n) is 4.45. The summed E-state index contributed by atoms with van der Waals surface area (Å²) in [4.78, 5) is 27.5. The maximum absolute atomic E-state index is 12.7. The quantitative estimate of drug-likeness (QED) is 0.762. The van der Waals surface area contributed by atoms with Gasteiger partial charge in [-0.3, -0.25) is 9.59 Å². The number of hydrogen-bond donors (Lipinski definition) is 2. The Labute approximate surface area is 129 Å². The normalized spacial score (nSPS) is 25.6. The van der Waals surface area contributed by atoms with Crippen molar-refractivity contribution in [3.63, 3.8) is 0 Å². The van der Waals surface area contributed by atoms with Crippen LogP contribution in [0, 0.1) is 0 Å². The Morgan fingerprint density at radius 2 is 1.71 bits per heavy atom. The smallest absolute Gasteiger partial charge is 0.281 e. The van der Waals surface area contributed by atoms with Crippen LogP contribution in [-0.4, -0.2) is 54.5 Å². The largest absolute Gasteiger partial charge is 0.349 e. The lowest BCUT2D eigenvalue weighted by atomic mass is 9.96. The molecule has 0 aromatic carbocycles. The van der Waals surface area contributed by atoms with E-state index in [1.165, 1.54) is 6.42 Å². The molecule has 122 valence electrons. The standard InChI is InChI=1S/C16H31N3O2/c1-11(2)17-15(20)10-18(6)14(5)16(21)19-12(3)8-7-9-13(19)4/h11-14H,7-10H2,1-6H3,(H,17,20)/p+1/t12-,13+,14-/m1/s1. The Balaban J connectivity index is 2.61. The van der Waals surface area contributed by atoms with Crippen molar-refractivity contribution < 1.29 is 14.5 Å². The number of carbonyl (C=O) groups excluding carboxylic acids is 2. The van der Waals surface area contributed by atoms with Crippen LogP contribution in [0.5, 0.6) is 0 Å². The molecule has 2 N–H and O–H groups in total. The summed E-state index contributed by atoms with van der Waals surface area (Å²) in [6, 6.07) is 0.561. The van der Waals surface area contributed by atoms with Crippen LogP contribution in [0.25, 0.3) is 0 Å². The summed E-state index contributed by atoms with van der Waals surface area (Å²) in [6.45, 7) is 10.4. The highest BCUT2D eigenvalue weighted by molar-refractivity contribution is 5.81. The summed E-state index contributed by atoms with van der Waals surface area (Å²) in [5.74, 6) is 0.173. The van der Waals surface area contributed by atoms with Crippen LogP contribution in [0.3, 0.4) is 0 Å². The minimum absolute atomic E-state index is 0.00175. The fraction of sp³-hybridized carbons (Fsp3) is 0.875. The molecule has 0 aromatic rings. The molecule has 1 aliphatic heterocycles. The first-order valence-electron chi connectivity index (χ1n) is 8.17. The second kappa shape index (κ2) is 7.78. The minimum Gasteiger partial charge on any atom is -0.349 e. The topological polar surface area (TPSA) is 53.9 Å². The monoisotopic (exact) mass is 298 g/mol. The highest BCUT2D eigenvalue weighted by atomic mass is 16.2. The molecule has 1 fully saturated rings. The third kappa shape index (κ3) is 4.99. The number of nitrogens with one attached hydrogen (secondary N) is 2. The summed E-state index contributed by atoms with van der Waals surface area (Å²) >= 11 is 0. The number of likely N-dealkylation sites (tertiary alicyclic amines) is 1. The zero-order chi connectivity index (χ0) is 16.2. The SMILES string of the molecule is CC(C)NC(=O)C[NH+](C)[C@H](C)C(=O)N1[C@H](C)CCC[C@@H]1C. The van der Waals surface area contributed by atoms with Gasteiger partial charge in [-0.15, -0.1) is 0 Å². The first-order chi connectivity index (χ1) is 9.73. The van der Waals surface area contributed by atoms with Crippen LogP contribution in [0.1, 0.15) is 53.9 Å². The number of piperidine rings is 1. The van der Waals surface area contributed by atoms with E-state index >= 15 is 0 Å². The lowest BCUT2D eigenvalue weighted by molar-refractivity contribution is -0.886. The number of hydrogen-bond acceptors (Lipinski definition) is 2. The molecule has 1 unspecified atom stereocenters. The minimum atomic E-state index is -0.189. The average Bonchev–Trinajstić information content (AvgIpc) is 2.36. The molecule has 1 rings (SSSR count). The predicted molar refractivity (Wildman–Crippen MR) is 84.1 cm³/mol. The van der Waals surface area contributed by atoms with Gasteiger partial charge in [-0.1, -0.05) is 0 Å². The Kier molecular flexibility index (Phi) is 6.65. The van der Waals surface area contributed by atoms with Crippen LogP contribution in [0.15, 0.2) is 0 Å². The first-order valence-corrected chi connectivity index (χ1v) is 8.17. The molecular formula is C16H32N3O2+. The summed E-state index contributed by atoms with van der Waals surface area (Å²) in [5.41, 5.74) is 0. The van der Waals surface area contributed by atoms with Gasteiger partial charge in [0.15, 0.2) is 12.6 Å². The Hall–Kier alpha value is -1.10. The van der Waals surface area contributed by atoms with Gasteiger partial charge in [0.25, 0.3) is 11.8 Å². The van der Waals surface area contributed by atoms with Crippen LogP contribution >= 0.6 is 0 Å². The molecule has 21 heavy (non-hydrogen) atoms. The molecule has 0 bridgehead atoms. The predicted octanol–water partition coefficient (Wildman–Crippen LogP) is 0.204. The van der Waals surface area contributed by atoms with Crippen molar-refractivity contribution in [2.75, 3.05) is 13.6 Å². The van der Waals surface area contributed by atoms with Crippen LogP contribution in [0.4, 0.5) is 0 Å². The molecular weight excluding hydrogens is 266 g/mol. The molecule has 0 aromatic heterocycles. The van der Waals surface area contributed by atoms with Gasteiger partial charge in [0.05, 0.1) is 7.05 Å². The van der Waals surface area contributed by atoms with Crippen molar-refractivity contribution in [3.8, 4) is 0 Å². The lowest BCUT2D eigenvalue weighted by Crippen LogP contribution is -3.15. The molecule has 1 heterocycles. The van der Waals surface area contributed by atoms with Gasteiger partial charge in [-0.05, 0) is 53.9 Å². The lowest BCUT2D eigenvalue weighted by Gasteiger charge is -2.40. The van der Waals surface area contributed by atoms with Crippen LogP contribution < -0.4 is 10.2 Å². The molecule has 1 saturated heterocycles. The molecule has 2 amide bonds. The molecule has 0 radical (unpaired) electrons. The van der Waals surface area contributed by atoms with E-state index in [2.05, 4.69) is 19.2 Å². The maximum atomic E-state index is 12.7. The molecule has 4 atom stereocenters. The van der Waals surface area contributed by atoms with Crippen molar-refractivity contribution in [1.82, 2.24) is 10.2 Å². The molecule has 5 nitrogen and oxygen atoms in total. The third-order valence-corrected chi connectivity index (χ3v) is 4.45. The summed E-state index contributed by atoms with van der Waals surface area (Å²) in [7, 11) is 1.92. The Bertz CT molecular complexity index is 361. The average molecular weight is 298 g/mol. The van der Waals surface area contributed by atoms with Gasteiger partial charge in [0.2, 0.25) is 0 Å². The van der Waals surface area contributed by atoms with Gasteiger partial charge in [-0.25, -0.2) is 0 Å². The van der Waals surface area contributed by atoms with Crippen molar-refractivity contribution in [2.45, 2.75) is 78.0 Å².